The zero-order chi connectivity index (χ0) is 16.1. The Morgan fingerprint density at radius 1 is 1.41 bits per heavy atom. The monoisotopic (exact) mass is 305 g/mol. The van der Waals surface area contributed by atoms with Gasteiger partial charge in [0.1, 0.15) is 5.82 Å². The van der Waals surface area contributed by atoms with Crippen LogP contribution in [0.2, 0.25) is 0 Å². The molecule has 0 spiro atoms. The second-order valence-electron chi connectivity index (χ2n) is 5.13. The number of rotatable bonds is 6. The van der Waals surface area contributed by atoms with Crippen LogP contribution in [0, 0.1) is 12.7 Å². The molecule has 1 heterocycles. The van der Waals surface area contributed by atoms with Crippen LogP contribution in [0.15, 0.2) is 30.5 Å². The van der Waals surface area contributed by atoms with Gasteiger partial charge in [-0.3, -0.25) is 9.48 Å². The van der Waals surface area contributed by atoms with Gasteiger partial charge >= 0.3 is 0 Å². The predicted octanol–water partition coefficient (Wildman–Crippen LogP) is 2.20. The summed E-state index contributed by atoms with van der Waals surface area (Å²) in [5.41, 5.74) is 1.92. The van der Waals surface area contributed by atoms with E-state index in [0.29, 0.717) is 11.1 Å². The number of amides is 1. The Bertz CT molecular complexity index is 637. The molecule has 0 fully saturated rings. The summed E-state index contributed by atoms with van der Waals surface area (Å²) in [6.45, 7) is 4.36. The predicted molar refractivity (Wildman–Crippen MR) is 80.9 cm³/mol. The van der Waals surface area contributed by atoms with E-state index in [1.165, 1.54) is 18.3 Å². The van der Waals surface area contributed by atoms with E-state index in [2.05, 4.69) is 10.4 Å². The molecule has 0 radical (unpaired) electrons. The fourth-order valence-electron chi connectivity index (χ4n) is 2.27. The van der Waals surface area contributed by atoms with Gasteiger partial charge in [-0.2, -0.15) is 5.10 Å². The fourth-order valence-corrected chi connectivity index (χ4v) is 2.27. The summed E-state index contributed by atoms with van der Waals surface area (Å²) in [6.07, 6.45) is 2.46. The van der Waals surface area contributed by atoms with Crippen molar-refractivity contribution in [2.24, 2.45) is 0 Å². The van der Waals surface area contributed by atoms with Crippen LogP contribution in [0.5, 0.6) is 0 Å². The Hall–Kier alpha value is -2.21. The highest BCUT2D eigenvalue weighted by Crippen LogP contribution is 2.15. The van der Waals surface area contributed by atoms with Crippen molar-refractivity contribution in [3.05, 3.63) is 53.1 Å². The van der Waals surface area contributed by atoms with E-state index in [4.69, 9.17) is 0 Å². The number of nitrogens with zero attached hydrogens (tertiary/aromatic N) is 2. The highest BCUT2D eigenvalue weighted by atomic mass is 19.1. The zero-order valence-electron chi connectivity index (χ0n) is 12.7. The van der Waals surface area contributed by atoms with E-state index < -0.39 is 6.04 Å². The minimum Gasteiger partial charge on any atom is -0.394 e. The van der Waals surface area contributed by atoms with E-state index in [1.54, 1.807) is 16.8 Å². The SMILES string of the molecule is CCCn1ncc(C(=O)N[C@H](CO)c2ccc(F)cc2)c1C. The van der Waals surface area contributed by atoms with Crippen LogP contribution in [-0.4, -0.2) is 27.4 Å². The number of carbonyl (C=O) groups excluding carboxylic acids is 1. The highest BCUT2D eigenvalue weighted by molar-refractivity contribution is 5.95. The summed E-state index contributed by atoms with van der Waals surface area (Å²) in [7, 11) is 0. The van der Waals surface area contributed by atoms with Gasteiger partial charge in [-0.05, 0) is 31.0 Å². The van der Waals surface area contributed by atoms with E-state index in [0.717, 1.165) is 18.7 Å². The van der Waals surface area contributed by atoms with Crippen LogP contribution < -0.4 is 5.32 Å². The summed E-state index contributed by atoms with van der Waals surface area (Å²) < 4.78 is 14.7. The molecule has 0 saturated carbocycles. The normalized spacial score (nSPS) is 12.2. The maximum absolute atomic E-state index is 12.9. The molecule has 0 aliphatic heterocycles. The lowest BCUT2D eigenvalue weighted by atomic mass is 10.1. The largest absolute Gasteiger partial charge is 0.394 e. The van der Waals surface area contributed by atoms with Gasteiger partial charge in [-0.15, -0.1) is 0 Å². The van der Waals surface area contributed by atoms with E-state index in [1.807, 2.05) is 13.8 Å². The van der Waals surface area contributed by atoms with Crippen molar-refractivity contribution < 1.29 is 14.3 Å². The Morgan fingerprint density at radius 3 is 2.68 bits per heavy atom. The third-order valence-electron chi connectivity index (χ3n) is 3.54. The van der Waals surface area contributed by atoms with Crippen LogP contribution in [0.25, 0.3) is 0 Å². The van der Waals surface area contributed by atoms with Crippen LogP contribution in [-0.2, 0) is 6.54 Å². The van der Waals surface area contributed by atoms with Crippen LogP contribution in [0.3, 0.4) is 0 Å². The van der Waals surface area contributed by atoms with Gasteiger partial charge in [0.25, 0.3) is 5.91 Å². The smallest absolute Gasteiger partial charge is 0.255 e. The summed E-state index contributed by atoms with van der Waals surface area (Å²) >= 11 is 0. The van der Waals surface area contributed by atoms with E-state index in [-0.39, 0.29) is 18.3 Å². The first kappa shape index (κ1) is 16.2. The lowest BCUT2D eigenvalue weighted by Crippen LogP contribution is -2.31. The molecule has 0 unspecified atom stereocenters. The molecule has 5 nitrogen and oxygen atoms in total. The number of aromatic nitrogens is 2. The number of aliphatic hydroxyl groups is 1. The minimum atomic E-state index is -0.581. The Balaban J connectivity index is 2.14. The van der Waals surface area contributed by atoms with Crippen molar-refractivity contribution in [1.29, 1.82) is 0 Å². The summed E-state index contributed by atoms with van der Waals surface area (Å²) in [5.74, 6) is -0.660. The lowest BCUT2D eigenvalue weighted by molar-refractivity contribution is 0.0915. The van der Waals surface area contributed by atoms with Crippen LogP contribution >= 0.6 is 0 Å². The standard InChI is InChI=1S/C16H20FN3O2/c1-3-8-20-11(2)14(9-18-20)16(22)19-15(10-21)12-4-6-13(17)7-5-12/h4-7,9,15,21H,3,8,10H2,1-2H3,(H,19,22)/t15-/m1/s1. The number of aryl methyl sites for hydroxylation is 1. The first-order valence-corrected chi connectivity index (χ1v) is 7.26. The maximum atomic E-state index is 12.9. The molecule has 1 aromatic carbocycles. The number of hydrogen-bond donors (Lipinski definition) is 2. The zero-order valence-corrected chi connectivity index (χ0v) is 12.7. The van der Waals surface area contributed by atoms with Crippen molar-refractivity contribution in [1.82, 2.24) is 15.1 Å². The molecule has 0 bridgehead atoms. The van der Waals surface area contributed by atoms with E-state index >= 15 is 0 Å². The fraction of sp³-hybridized carbons (Fsp3) is 0.375. The molecule has 0 saturated heterocycles. The molecule has 2 aromatic rings. The summed E-state index contributed by atoms with van der Waals surface area (Å²) in [4.78, 5) is 12.3. The van der Waals surface area contributed by atoms with Gasteiger partial charge in [0.15, 0.2) is 0 Å². The Labute approximate surface area is 128 Å². The second kappa shape index (κ2) is 7.17. The van der Waals surface area contributed by atoms with Gasteiger partial charge in [0, 0.05) is 12.2 Å². The molecule has 6 heteroatoms. The van der Waals surface area contributed by atoms with Gasteiger partial charge in [-0.1, -0.05) is 19.1 Å². The number of nitrogens with one attached hydrogen (secondary N) is 1. The third kappa shape index (κ3) is 3.51. The molecule has 2 rings (SSSR count). The quantitative estimate of drug-likeness (QED) is 0.860. The van der Waals surface area contributed by atoms with Gasteiger partial charge < -0.3 is 10.4 Å². The van der Waals surface area contributed by atoms with Crippen molar-refractivity contribution >= 4 is 5.91 Å². The molecule has 0 aliphatic carbocycles. The van der Waals surface area contributed by atoms with Crippen molar-refractivity contribution in [3.63, 3.8) is 0 Å². The van der Waals surface area contributed by atoms with Gasteiger partial charge in [0.2, 0.25) is 0 Å². The molecule has 1 aromatic heterocycles. The topological polar surface area (TPSA) is 67.2 Å². The number of aliphatic hydroxyl groups excluding tert-OH is 1. The molecule has 1 amide bonds. The molecule has 0 aliphatic rings. The summed E-state index contributed by atoms with van der Waals surface area (Å²) in [6, 6.07) is 5.11. The molecule has 2 N–H and O–H groups in total. The highest BCUT2D eigenvalue weighted by Gasteiger charge is 2.18. The second-order valence-corrected chi connectivity index (χ2v) is 5.13. The molecule has 1 atom stereocenters. The van der Waals surface area contributed by atoms with Crippen LogP contribution in [0.1, 0.15) is 41.0 Å². The number of benzene rings is 1. The molecule has 118 valence electrons. The van der Waals surface area contributed by atoms with Crippen molar-refractivity contribution in [3.8, 4) is 0 Å². The summed E-state index contributed by atoms with van der Waals surface area (Å²) in [5, 5.41) is 16.4. The lowest BCUT2D eigenvalue weighted by Gasteiger charge is -2.16. The van der Waals surface area contributed by atoms with Gasteiger partial charge in [0.05, 0.1) is 24.4 Å². The van der Waals surface area contributed by atoms with Crippen molar-refractivity contribution in [2.45, 2.75) is 32.9 Å². The van der Waals surface area contributed by atoms with Gasteiger partial charge in [-0.25, -0.2) is 4.39 Å². The van der Waals surface area contributed by atoms with E-state index in [9.17, 15) is 14.3 Å². The number of carbonyl (C=O) groups is 1. The minimum absolute atomic E-state index is 0.264. The average molecular weight is 305 g/mol. The third-order valence-corrected chi connectivity index (χ3v) is 3.54. The first-order chi connectivity index (χ1) is 10.6. The number of hydrogen-bond acceptors (Lipinski definition) is 3. The number of halogens is 1. The molecular formula is C16H20FN3O2. The Morgan fingerprint density at radius 2 is 2.09 bits per heavy atom. The van der Waals surface area contributed by atoms with Crippen LogP contribution in [0.4, 0.5) is 4.39 Å². The average Bonchev–Trinajstić information content (AvgIpc) is 2.87. The molecular weight excluding hydrogens is 285 g/mol. The Kier molecular flexibility index (Phi) is 5.27. The van der Waals surface area contributed by atoms with Crippen molar-refractivity contribution in [2.75, 3.05) is 6.61 Å². The first-order valence-electron chi connectivity index (χ1n) is 7.26. The molecule has 22 heavy (non-hydrogen) atoms. The maximum Gasteiger partial charge on any atom is 0.255 e.